The Morgan fingerprint density at radius 3 is 2.55 bits per heavy atom. The number of hydrogen-bond acceptors (Lipinski definition) is 14. The minimum absolute atomic E-state index is 0.00846. The SMILES string of the molecule is CNc1ccccc1C(=O)O[C@H]1C(=O)[C@H](n2cnc3c(=O)[nH]c(N)nc32)O[C@@H]1COP(=O)(O)OP(=O)(O)NP(=O)(O)O. The summed E-state index contributed by atoms with van der Waals surface area (Å²) in [5.74, 6) is -2.33. The van der Waals surface area contributed by atoms with Gasteiger partial charge in [0.25, 0.3) is 5.56 Å². The highest BCUT2D eigenvalue weighted by Crippen LogP contribution is 2.61. The molecule has 0 saturated carbocycles. The molecule has 42 heavy (non-hydrogen) atoms. The molecule has 24 heteroatoms. The molecule has 0 spiro atoms. The van der Waals surface area contributed by atoms with Crippen molar-refractivity contribution in [3.63, 3.8) is 0 Å². The lowest BCUT2D eigenvalue weighted by Crippen LogP contribution is -2.35. The smallest absolute Gasteiger partial charge is 0.448 e. The molecule has 21 nitrogen and oxygen atoms in total. The Labute approximate surface area is 233 Å². The molecule has 1 aliphatic rings. The van der Waals surface area contributed by atoms with Crippen molar-refractivity contribution >= 4 is 57.9 Å². The molecule has 2 aromatic heterocycles. The number of para-hydroxylation sites is 1. The molecule has 1 saturated heterocycles. The van der Waals surface area contributed by atoms with Gasteiger partial charge in [-0.15, -0.1) is 4.86 Å². The molecule has 4 rings (SSSR count). The maximum absolute atomic E-state index is 13.4. The second-order valence-corrected chi connectivity index (χ2v) is 13.1. The maximum Gasteiger partial charge on any atom is 0.480 e. The van der Waals surface area contributed by atoms with E-state index >= 15 is 0 Å². The van der Waals surface area contributed by atoms with Crippen molar-refractivity contribution in [1.82, 2.24) is 24.4 Å². The van der Waals surface area contributed by atoms with Crippen molar-refractivity contribution in [3.05, 3.63) is 46.5 Å². The maximum atomic E-state index is 13.4. The third-order valence-corrected chi connectivity index (χ3v) is 9.63. The van der Waals surface area contributed by atoms with Gasteiger partial charge in [-0.25, -0.2) is 23.5 Å². The summed E-state index contributed by atoms with van der Waals surface area (Å²) in [6, 6.07) is 6.04. The zero-order valence-corrected chi connectivity index (χ0v) is 23.6. The number of H-pyrrole nitrogens is 1. The number of aromatic nitrogens is 4. The Hall–Kier alpha value is -3.32. The summed E-state index contributed by atoms with van der Waals surface area (Å²) in [4.78, 5) is 86.4. The first kappa shape index (κ1) is 31.6. The van der Waals surface area contributed by atoms with Gasteiger partial charge in [0.2, 0.25) is 18.0 Å². The number of carbonyl (C=O) groups is 2. The number of phosphoric ester groups is 1. The van der Waals surface area contributed by atoms with Crippen LogP contribution in [0.15, 0.2) is 35.4 Å². The number of hydrogen-bond donors (Lipinski definition) is 8. The van der Waals surface area contributed by atoms with Crippen LogP contribution in [-0.4, -0.2) is 76.7 Å². The van der Waals surface area contributed by atoms with E-state index in [1.807, 2.05) is 0 Å². The van der Waals surface area contributed by atoms with Crippen LogP contribution in [0.2, 0.25) is 0 Å². The Bertz CT molecular complexity index is 1740. The fourth-order valence-corrected chi connectivity index (χ4v) is 7.21. The van der Waals surface area contributed by atoms with Crippen molar-refractivity contribution < 1.29 is 61.2 Å². The standard InChI is InChI=1S/C18H22N7O14P3/c1-20-9-5-3-2-4-8(9)17(28)38-13-10(6-36-42(34,35)39-41(32,33)24-40(29,30)31)37-16(12(13)26)25-7-21-11-14(25)22-18(19)23-15(11)27/h2-5,7,10,13,16,20H,6H2,1H3,(H,34,35)(H3,19,22,23,27)(H4,24,29,30,31,32,33)/t10-,13-,16-/m1/s1. The zero-order chi connectivity index (χ0) is 31.0. The lowest BCUT2D eigenvalue weighted by molar-refractivity contribution is -0.130. The second-order valence-electron chi connectivity index (χ2n) is 8.34. The lowest BCUT2D eigenvalue weighted by Gasteiger charge is -2.21. The molecule has 0 radical (unpaired) electrons. The topological polar surface area (TPSA) is 317 Å². The largest absolute Gasteiger partial charge is 0.480 e. The van der Waals surface area contributed by atoms with E-state index in [-0.39, 0.29) is 22.7 Å². The van der Waals surface area contributed by atoms with E-state index in [1.165, 1.54) is 25.2 Å². The molecule has 228 valence electrons. The summed E-state index contributed by atoms with van der Waals surface area (Å²) in [5.41, 5.74) is 4.71. The number of rotatable bonds is 11. The van der Waals surface area contributed by atoms with Crippen molar-refractivity contribution in [3.8, 4) is 0 Å². The highest BCUT2D eigenvalue weighted by atomic mass is 31.3. The number of ketones is 1. The van der Waals surface area contributed by atoms with Crippen molar-refractivity contribution in [1.29, 1.82) is 0 Å². The Balaban J connectivity index is 1.63. The van der Waals surface area contributed by atoms with Crippen LogP contribution in [0.1, 0.15) is 16.6 Å². The van der Waals surface area contributed by atoms with E-state index in [0.717, 1.165) is 15.8 Å². The predicted octanol–water partition coefficient (Wildman–Crippen LogP) is -0.648. The first-order valence-corrected chi connectivity index (χ1v) is 15.9. The Morgan fingerprint density at radius 2 is 1.88 bits per heavy atom. The Morgan fingerprint density at radius 1 is 1.19 bits per heavy atom. The number of nitrogens with zero attached hydrogens (tertiary/aromatic N) is 3. The van der Waals surface area contributed by atoms with Crippen LogP contribution in [0, 0.1) is 0 Å². The van der Waals surface area contributed by atoms with Crippen molar-refractivity contribution in [2.24, 2.45) is 0 Å². The molecular formula is C18H22N7O14P3. The number of ether oxygens (including phenoxy) is 2. The summed E-state index contributed by atoms with van der Waals surface area (Å²) in [5, 5.41) is 2.76. The van der Waals surface area contributed by atoms with Crippen molar-refractivity contribution in [2.45, 2.75) is 18.4 Å². The number of aromatic amines is 1. The summed E-state index contributed by atoms with van der Waals surface area (Å²) in [6.45, 7) is -1.11. The number of imidazole rings is 1. The summed E-state index contributed by atoms with van der Waals surface area (Å²) in [7, 11) is -15.1. The van der Waals surface area contributed by atoms with E-state index < -0.39 is 65.7 Å². The van der Waals surface area contributed by atoms with Gasteiger partial charge in [0.05, 0.1) is 18.5 Å². The van der Waals surface area contributed by atoms with Gasteiger partial charge >= 0.3 is 29.3 Å². The van der Waals surface area contributed by atoms with Gasteiger partial charge in [-0.3, -0.25) is 23.7 Å². The molecule has 5 atom stereocenters. The molecule has 3 heterocycles. The number of esters is 1. The van der Waals surface area contributed by atoms with Crippen LogP contribution in [0.4, 0.5) is 11.6 Å². The fraction of sp³-hybridized carbons (Fsp3) is 0.278. The number of carbonyl (C=O) groups excluding carboxylic acids is 2. The van der Waals surface area contributed by atoms with Gasteiger partial charge in [-0.2, -0.15) is 9.29 Å². The lowest BCUT2D eigenvalue weighted by atomic mass is 10.1. The van der Waals surface area contributed by atoms with Gasteiger partial charge in [0.1, 0.15) is 6.10 Å². The third kappa shape index (κ3) is 7.17. The molecule has 1 aromatic carbocycles. The minimum atomic E-state index is -5.60. The molecule has 0 bridgehead atoms. The number of nitrogen functional groups attached to an aromatic ring is 1. The highest BCUT2D eigenvalue weighted by Gasteiger charge is 2.49. The summed E-state index contributed by atoms with van der Waals surface area (Å²) < 4.78 is 55.6. The molecule has 0 aliphatic carbocycles. The van der Waals surface area contributed by atoms with Crippen LogP contribution < -0.4 is 21.5 Å². The molecule has 9 N–H and O–H groups in total. The van der Waals surface area contributed by atoms with E-state index in [4.69, 9.17) is 25.0 Å². The molecule has 2 unspecified atom stereocenters. The van der Waals surface area contributed by atoms with Crippen LogP contribution in [-0.2, 0) is 36.8 Å². The summed E-state index contributed by atoms with van der Waals surface area (Å²) >= 11 is 0. The normalized spacial score (nSPS) is 22.0. The minimum Gasteiger partial charge on any atom is -0.448 e. The first-order valence-electron chi connectivity index (χ1n) is 11.3. The molecule has 3 aromatic rings. The quantitative estimate of drug-likeness (QED) is 0.0941. The zero-order valence-electron chi connectivity index (χ0n) is 21.0. The number of phosphoric acid groups is 1. The highest BCUT2D eigenvalue weighted by molar-refractivity contribution is 7.70. The predicted molar refractivity (Wildman–Crippen MR) is 139 cm³/mol. The third-order valence-electron chi connectivity index (χ3n) is 5.39. The van der Waals surface area contributed by atoms with Gasteiger partial charge in [0, 0.05) is 12.7 Å². The van der Waals surface area contributed by atoms with E-state index in [0.29, 0.717) is 5.69 Å². The number of fused-ring (bicyclic) bond motifs is 1. The van der Waals surface area contributed by atoms with Crippen LogP contribution >= 0.6 is 23.3 Å². The van der Waals surface area contributed by atoms with Crippen LogP contribution in [0.25, 0.3) is 11.2 Å². The number of Topliss-reactive ketones (excluding diaryl/α,β-unsaturated/α-hetero) is 1. The number of benzene rings is 1. The first-order chi connectivity index (χ1) is 19.5. The van der Waals surface area contributed by atoms with Crippen LogP contribution in [0.5, 0.6) is 0 Å². The average Bonchev–Trinajstić information content (AvgIpc) is 3.41. The van der Waals surface area contributed by atoms with Gasteiger partial charge in [0.15, 0.2) is 17.3 Å². The van der Waals surface area contributed by atoms with E-state index in [2.05, 4.69) is 29.1 Å². The van der Waals surface area contributed by atoms with Crippen molar-refractivity contribution in [2.75, 3.05) is 24.7 Å². The molecule has 1 fully saturated rings. The van der Waals surface area contributed by atoms with Gasteiger partial charge in [-0.1, -0.05) is 12.1 Å². The number of nitrogens with two attached hydrogens (primary N) is 1. The van der Waals surface area contributed by atoms with E-state index in [9.17, 15) is 37.9 Å². The molecule has 1 aliphatic heterocycles. The monoisotopic (exact) mass is 653 g/mol. The number of nitrogens with one attached hydrogen (secondary N) is 3. The van der Waals surface area contributed by atoms with Gasteiger partial charge < -0.3 is 40.1 Å². The number of anilines is 2. The molecular weight excluding hydrogens is 631 g/mol. The Kier molecular flexibility index (Phi) is 8.85. The second kappa shape index (κ2) is 11.8. The summed E-state index contributed by atoms with van der Waals surface area (Å²) in [6.07, 6.45) is -4.24. The van der Waals surface area contributed by atoms with Crippen LogP contribution in [0.3, 0.4) is 0 Å². The average molecular weight is 653 g/mol. The van der Waals surface area contributed by atoms with Gasteiger partial charge in [-0.05, 0) is 12.1 Å². The molecule has 0 amide bonds. The van der Waals surface area contributed by atoms with E-state index in [1.54, 1.807) is 6.07 Å². The fourth-order valence-electron chi connectivity index (χ4n) is 3.78.